The Morgan fingerprint density at radius 1 is 1.14 bits per heavy atom. The van der Waals surface area contributed by atoms with Crippen molar-refractivity contribution in [2.45, 2.75) is 44.6 Å². The van der Waals surface area contributed by atoms with E-state index in [1.54, 1.807) is 12.1 Å². The van der Waals surface area contributed by atoms with Gasteiger partial charge in [-0.2, -0.15) is 13.2 Å². The van der Waals surface area contributed by atoms with E-state index in [-0.39, 0.29) is 24.7 Å². The van der Waals surface area contributed by atoms with Crippen LogP contribution in [-0.4, -0.2) is 18.3 Å². The summed E-state index contributed by atoms with van der Waals surface area (Å²) in [5.41, 5.74) is 0.0604. The molecular formula is C21H22F4O3. The molecular weight excluding hydrogens is 376 g/mol. The maximum atomic E-state index is 13.8. The summed E-state index contributed by atoms with van der Waals surface area (Å²) in [5.74, 6) is -0.735. The van der Waals surface area contributed by atoms with Crippen molar-refractivity contribution in [3.63, 3.8) is 0 Å². The van der Waals surface area contributed by atoms with Crippen LogP contribution in [0.5, 0.6) is 5.75 Å². The third-order valence-electron chi connectivity index (χ3n) is 4.87. The zero-order valence-corrected chi connectivity index (χ0v) is 15.4. The number of hydrogen-bond donors (Lipinski definition) is 1. The summed E-state index contributed by atoms with van der Waals surface area (Å²) >= 11 is 0. The van der Waals surface area contributed by atoms with Gasteiger partial charge in [0.05, 0.1) is 11.7 Å². The zero-order chi connectivity index (χ0) is 20.3. The monoisotopic (exact) mass is 398 g/mol. The highest BCUT2D eigenvalue weighted by molar-refractivity contribution is 5.43. The van der Waals surface area contributed by atoms with Crippen molar-refractivity contribution in [3.05, 3.63) is 64.5 Å². The van der Waals surface area contributed by atoms with Crippen LogP contribution in [0.3, 0.4) is 0 Å². The van der Waals surface area contributed by atoms with Gasteiger partial charge in [0.1, 0.15) is 17.7 Å². The molecule has 0 fully saturated rings. The molecule has 1 N–H and O–H groups in total. The summed E-state index contributed by atoms with van der Waals surface area (Å²) < 4.78 is 64.8. The predicted octanol–water partition coefficient (Wildman–Crippen LogP) is 5.37. The molecule has 152 valence electrons. The normalized spacial score (nSPS) is 17.4. The molecule has 0 bridgehead atoms. The van der Waals surface area contributed by atoms with Gasteiger partial charge in [0, 0.05) is 19.6 Å². The number of aliphatic hydroxyl groups is 1. The molecule has 0 heterocycles. The van der Waals surface area contributed by atoms with Gasteiger partial charge < -0.3 is 14.6 Å². The lowest BCUT2D eigenvalue weighted by Crippen LogP contribution is -2.13. The first-order chi connectivity index (χ1) is 13.3. The van der Waals surface area contributed by atoms with Gasteiger partial charge >= 0.3 is 6.18 Å². The standard InChI is InChI=1S/C21H22F4O3/c1-2-27-18(11-12-26)13-3-5-14(6-4-13)28-19-10-8-16-15(19)7-9-17(22)20(16)21(23,24)25/h3-7,9,18-19,26H,2,8,10-12H2,1H3/t18-,19+/m0/s1. The lowest BCUT2D eigenvalue weighted by Gasteiger charge is -2.19. The smallest absolute Gasteiger partial charge is 0.419 e. The van der Waals surface area contributed by atoms with Crippen molar-refractivity contribution in [1.29, 1.82) is 0 Å². The number of fused-ring (bicyclic) bond motifs is 1. The van der Waals surface area contributed by atoms with E-state index >= 15 is 0 Å². The number of rotatable bonds is 7. The third-order valence-corrected chi connectivity index (χ3v) is 4.87. The lowest BCUT2D eigenvalue weighted by molar-refractivity contribution is -0.140. The fourth-order valence-corrected chi connectivity index (χ4v) is 3.66. The number of hydrogen-bond acceptors (Lipinski definition) is 3. The molecule has 2 atom stereocenters. The second-order valence-electron chi connectivity index (χ2n) is 6.66. The van der Waals surface area contributed by atoms with Crippen LogP contribution in [0, 0.1) is 5.82 Å². The molecule has 1 aliphatic carbocycles. The van der Waals surface area contributed by atoms with Crippen LogP contribution < -0.4 is 4.74 Å². The van der Waals surface area contributed by atoms with Gasteiger partial charge in [-0.05, 0) is 54.7 Å². The maximum Gasteiger partial charge on any atom is 0.419 e. The average Bonchev–Trinajstić information content (AvgIpc) is 3.03. The van der Waals surface area contributed by atoms with E-state index < -0.39 is 23.7 Å². The van der Waals surface area contributed by atoms with Crippen LogP contribution in [0.15, 0.2) is 36.4 Å². The Morgan fingerprint density at radius 2 is 1.86 bits per heavy atom. The maximum absolute atomic E-state index is 13.8. The number of alkyl halides is 3. The van der Waals surface area contributed by atoms with Crippen LogP contribution in [0.25, 0.3) is 0 Å². The Kier molecular flexibility index (Phi) is 6.25. The molecule has 3 rings (SSSR count). The van der Waals surface area contributed by atoms with Crippen LogP contribution in [-0.2, 0) is 17.3 Å². The summed E-state index contributed by atoms with van der Waals surface area (Å²) in [6, 6.07) is 9.31. The van der Waals surface area contributed by atoms with Crippen molar-refractivity contribution in [2.75, 3.05) is 13.2 Å². The molecule has 1 aliphatic rings. The number of aliphatic hydroxyl groups excluding tert-OH is 1. The van der Waals surface area contributed by atoms with E-state index in [9.17, 15) is 17.6 Å². The first kappa shape index (κ1) is 20.6. The van der Waals surface area contributed by atoms with E-state index in [4.69, 9.17) is 14.6 Å². The van der Waals surface area contributed by atoms with Crippen molar-refractivity contribution >= 4 is 0 Å². The van der Waals surface area contributed by atoms with Crippen molar-refractivity contribution in [2.24, 2.45) is 0 Å². The van der Waals surface area contributed by atoms with Crippen molar-refractivity contribution in [3.8, 4) is 5.75 Å². The number of ether oxygens (including phenoxy) is 2. The highest BCUT2D eigenvalue weighted by Gasteiger charge is 2.40. The van der Waals surface area contributed by atoms with Crippen LogP contribution in [0.2, 0.25) is 0 Å². The fraction of sp³-hybridized carbons (Fsp3) is 0.429. The Bertz CT molecular complexity index is 797. The molecule has 0 aliphatic heterocycles. The zero-order valence-electron chi connectivity index (χ0n) is 15.4. The molecule has 2 aromatic carbocycles. The molecule has 3 nitrogen and oxygen atoms in total. The van der Waals surface area contributed by atoms with Gasteiger partial charge in [-0.1, -0.05) is 18.2 Å². The summed E-state index contributed by atoms with van der Waals surface area (Å²) in [4.78, 5) is 0. The van der Waals surface area contributed by atoms with Crippen molar-refractivity contribution in [1.82, 2.24) is 0 Å². The first-order valence-corrected chi connectivity index (χ1v) is 9.22. The topological polar surface area (TPSA) is 38.7 Å². The molecule has 0 spiro atoms. The highest BCUT2D eigenvalue weighted by Crippen LogP contribution is 2.43. The van der Waals surface area contributed by atoms with E-state index in [0.717, 1.165) is 11.6 Å². The summed E-state index contributed by atoms with van der Waals surface area (Å²) in [7, 11) is 0. The van der Waals surface area contributed by atoms with E-state index in [1.807, 2.05) is 19.1 Å². The van der Waals surface area contributed by atoms with Gasteiger partial charge in [0.2, 0.25) is 0 Å². The minimum absolute atomic E-state index is 0.000124. The largest absolute Gasteiger partial charge is 0.486 e. The number of benzene rings is 2. The van der Waals surface area contributed by atoms with Crippen LogP contribution >= 0.6 is 0 Å². The first-order valence-electron chi connectivity index (χ1n) is 9.22. The summed E-state index contributed by atoms with van der Waals surface area (Å²) in [5, 5.41) is 9.15. The van der Waals surface area contributed by atoms with E-state index in [0.29, 0.717) is 30.8 Å². The number of halogens is 4. The van der Waals surface area contributed by atoms with Gasteiger partial charge in [-0.3, -0.25) is 0 Å². The fourth-order valence-electron chi connectivity index (χ4n) is 3.66. The van der Waals surface area contributed by atoms with Gasteiger partial charge in [-0.15, -0.1) is 0 Å². The van der Waals surface area contributed by atoms with Gasteiger partial charge in [0.15, 0.2) is 0 Å². The molecule has 2 aromatic rings. The molecule has 0 amide bonds. The minimum atomic E-state index is -4.73. The second-order valence-corrected chi connectivity index (χ2v) is 6.66. The minimum Gasteiger partial charge on any atom is -0.486 e. The molecule has 0 unspecified atom stereocenters. The molecule has 7 heteroatoms. The Hall–Kier alpha value is -2.12. The highest BCUT2D eigenvalue weighted by atomic mass is 19.4. The Morgan fingerprint density at radius 3 is 2.46 bits per heavy atom. The van der Waals surface area contributed by atoms with Crippen LogP contribution in [0.1, 0.15) is 54.2 Å². The molecule has 28 heavy (non-hydrogen) atoms. The summed E-state index contributed by atoms with van der Waals surface area (Å²) in [6.07, 6.45) is -4.57. The van der Waals surface area contributed by atoms with Gasteiger partial charge in [0.25, 0.3) is 0 Å². The lowest BCUT2D eigenvalue weighted by atomic mass is 10.0. The molecule has 0 saturated carbocycles. The molecule has 0 aromatic heterocycles. The Labute approximate surface area is 160 Å². The molecule has 0 radical (unpaired) electrons. The quantitative estimate of drug-likeness (QED) is 0.637. The molecule has 0 saturated heterocycles. The van der Waals surface area contributed by atoms with Gasteiger partial charge in [-0.25, -0.2) is 4.39 Å². The second kappa shape index (κ2) is 8.49. The Balaban J connectivity index is 1.78. The van der Waals surface area contributed by atoms with E-state index in [2.05, 4.69) is 0 Å². The van der Waals surface area contributed by atoms with Crippen LogP contribution in [0.4, 0.5) is 17.6 Å². The van der Waals surface area contributed by atoms with Crippen molar-refractivity contribution < 1.29 is 32.1 Å². The average molecular weight is 398 g/mol. The third kappa shape index (κ3) is 4.31. The summed E-state index contributed by atoms with van der Waals surface area (Å²) in [6.45, 7) is 2.39. The predicted molar refractivity (Wildman–Crippen MR) is 95.6 cm³/mol. The van der Waals surface area contributed by atoms with E-state index in [1.165, 1.54) is 6.07 Å². The SMILES string of the molecule is CCO[C@@H](CCO)c1ccc(O[C@@H]2CCc3c2ccc(F)c3C(F)(F)F)cc1.